The highest BCUT2D eigenvalue weighted by molar-refractivity contribution is 7.12. The molecule has 1 aromatic heterocycles. The minimum absolute atomic E-state index is 0.649. The summed E-state index contributed by atoms with van der Waals surface area (Å²) in [5, 5.41) is 0. The Morgan fingerprint density at radius 2 is 1.89 bits per heavy atom. The lowest BCUT2D eigenvalue weighted by Crippen LogP contribution is -2.22. The molecule has 2 nitrogen and oxygen atoms in total. The molecule has 0 atom stereocenters. The molecule has 2 N–H and O–H groups in total. The van der Waals surface area contributed by atoms with Crippen LogP contribution in [0.4, 0.5) is 0 Å². The average Bonchev–Trinajstić information content (AvgIpc) is 2.80. The van der Waals surface area contributed by atoms with Crippen LogP contribution in [-0.2, 0) is 19.6 Å². The number of nitrogens with zero attached hydrogens (tertiary/aromatic N) is 1. The van der Waals surface area contributed by atoms with Gasteiger partial charge in [0.1, 0.15) is 0 Å². The van der Waals surface area contributed by atoms with Crippen LogP contribution in [0.2, 0.25) is 0 Å². The van der Waals surface area contributed by atoms with Crippen molar-refractivity contribution in [3.8, 4) is 0 Å². The number of rotatable bonds is 6. The van der Waals surface area contributed by atoms with E-state index >= 15 is 0 Å². The second-order valence-corrected chi connectivity index (χ2v) is 6.13. The maximum absolute atomic E-state index is 5.72. The van der Waals surface area contributed by atoms with Gasteiger partial charge in [0.25, 0.3) is 0 Å². The molecule has 0 bridgehead atoms. The highest BCUT2D eigenvalue weighted by Gasteiger charge is 2.09. The molecular weight excluding hydrogens is 252 g/mol. The molecule has 0 aliphatic rings. The Morgan fingerprint density at radius 1 is 1.16 bits per heavy atom. The summed E-state index contributed by atoms with van der Waals surface area (Å²) in [6.45, 7) is 8.13. The number of thiophene rings is 1. The second kappa shape index (κ2) is 6.85. The summed E-state index contributed by atoms with van der Waals surface area (Å²) in [5.41, 5.74) is 8.51. The summed E-state index contributed by atoms with van der Waals surface area (Å²) in [5.74, 6) is 0. The fraction of sp³-hybridized carbons (Fsp3) is 0.375. The van der Waals surface area contributed by atoms with E-state index in [-0.39, 0.29) is 0 Å². The fourth-order valence-electron chi connectivity index (χ4n) is 2.21. The van der Waals surface area contributed by atoms with Crippen LogP contribution in [0.5, 0.6) is 0 Å². The van der Waals surface area contributed by atoms with E-state index in [9.17, 15) is 0 Å². The third kappa shape index (κ3) is 3.90. The first-order valence-corrected chi connectivity index (χ1v) is 7.59. The van der Waals surface area contributed by atoms with E-state index in [1.807, 2.05) is 11.3 Å². The van der Waals surface area contributed by atoms with Gasteiger partial charge in [0.05, 0.1) is 0 Å². The normalized spacial score (nSPS) is 11.2. The summed E-state index contributed by atoms with van der Waals surface area (Å²) < 4.78 is 0. The van der Waals surface area contributed by atoms with E-state index in [1.54, 1.807) is 0 Å². The minimum atomic E-state index is 0.649. The number of aryl methyl sites for hydroxylation is 1. The van der Waals surface area contributed by atoms with Gasteiger partial charge in [-0.2, -0.15) is 0 Å². The third-order valence-corrected chi connectivity index (χ3v) is 4.48. The molecule has 1 aromatic carbocycles. The van der Waals surface area contributed by atoms with Crippen LogP contribution in [0.1, 0.15) is 27.8 Å². The van der Waals surface area contributed by atoms with E-state index in [1.165, 1.54) is 20.9 Å². The zero-order valence-corrected chi connectivity index (χ0v) is 12.5. The van der Waals surface area contributed by atoms with Gasteiger partial charge < -0.3 is 5.73 Å². The molecule has 0 spiro atoms. The van der Waals surface area contributed by atoms with E-state index in [0.29, 0.717) is 6.54 Å². The van der Waals surface area contributed by atoms with Gasteiger partial charge in [-0.1, -0.05) is 37.3 Å². The quantitative estimate of drug-likeness (QED) is 0.873. The van der Waals surface area contributed by atoms with Crippen molar-refractivity contribution in [2.24, 2.45) is 5.73 Å². The van der Waals surface area contributed by atoms with Crippen LogP contribution in [-0.4, -0.2) is 11.4 Å². The Labute approximate surface area is 119 Å². The second-order valence-electron chi connectivity index (χ2n) is 4.79. The van der Waals surface area contributed by atoms with Crippen molar-refractivity contribution in [2.45, 2.75) is 33.5 Å². The summed E-state index contributed by atoms with van der Waals surface area (Å²) in [7, 11) is 0. The van der Waals surface area contributed by atoms with Gasteiger partial charge in [0.2, 0.25) is 0 Å². The molecular formula is C16H22N2S. The molecule has 19 heavy (non-hydrogen) atoms. The average molecular weight is 274 g/mol. The van der Waals surface area contributed by atoms with Crippen molar-refractivity contribution in [1.82, 2.24) is 4.90 Å². The number of hydrogen-bond acceptors (Lipinski definition) is 3. The maximum Gasteiger partial charge on any atom is 0.0274 e. The van der Waals surface area contributed by atoms with Gasteiger partial charge in [-0.15, -0.1) is 11.3 Å². The lowest BCUT2D eigenvalue weighted by molar-refractivity contribution is 0.271. The Bertz CT molecular complexity index is 505. The first-order valence-electron chi connectivity index (χ1n) is 6.77. The van der Waals surface area contributed by atoms with Gasteiger partial charge in [-0.3, -0.25) is 4.90 Å². The summed E-state index contributed by atoms with van der Waals surface area (Å²) in [4.78, 5) is 5.14. The Balaban J connectivity index is 2.04. The zero-order chi connectivity index (χ0) is 13.7. The van der Waals surface area contributed by atoms with E-state index in [2.05, 4.69) is 55.1 Å². The molecule has 0 radical (unpaired) electrons. The van der Waals surface area contributed by atoms with Crippen LogP contribution < -0.4 is 5.73 Å². The van der Waals surface area contributed by atoms with Crippen LogP contribution >= 0.6 is 11.3 Å². The van der Waals surface area contributed by atoms with E-state index in [0.717, 1.165) is 19.6 Å². The molecule has 0 aliphatic carbocycles. The Kier molecular flexibility index (Phi) is 5.14. The van der Waals surface area contributed by atoms with E-state index < -0.39 is 0 Å². The van der Waals surface area contributed by atoms with Gasteiger partial charge in [0.15, 0.2) is 0 Å². The van der Waals surface area contributed by atoms with Crippen LogP contribution in [0.3, 0.4) is 0 Å². The lowest BCUT2D eigenvalue weighted by atomic mass is 10.2. The SMILES string of the molecule is CCN(Cc1ccccc1)Cc1cc(CN)sc1C. The smallest absolute Gasteiger partial charge is 0.0274 e. The number of hydrogen-bond donors (Lipinski definition) is 1. The predicted octanol–water partition coefficient (Wildman–Crippen LogP) is 3.54. The standard InChI is InChI=1S/C16H22N2S/c1-3-18(11-14-7-5-4-6-8-14)12-15-9-16(10-17)19-13(15)2/h4-9H,3,10-12,17H2,1-2H3. The first kappa shape index (κ1) is 14.3. The molecule has 0 unspecified atom stereocenters. The van der Waals surface area contributed by atoms with E-state index in [4.69, 9.17) is 5.73 Å². The topological polar surface area (TPSA) is 29.3 Å². The van der Waals surface area contributed by atoms with Gasteiger partial charge >= 0.3 is 0 Å². The Hall–Kier alpha value is -1.16. The molecule has 2 aromatic rings. The molecule has 0 saturated heterocycles. The summed E-state index contributed by atoms with van der Waals surface area (Å²) >= 11 is 1.82. The highest BCUT2D eigenvalue weighted by atomic mass is 32.1. The monoisotopic (exact) mass is 274 g/mol. The predicted molar refractivity (Wildman–Crippen MR) is 83.2 cm³/mol. The molecule has 0 saturated carbocycles. The molecule has 102 valence electrons. The summed E-state index contributed by atoms with van der Waals surface area (Å²) in [6, 6.07) is 12.9. The molecule has 3 heteroatoms. The van der Waals surface area contributed by atoms with Gasteiger partial charge in [-0.05, 0) is 30.7 Å². The van der Waals surface area contributed by atoms with Crippen molar-refractivity contribution in [1.29, 1.82) is 0 Å². The van der Waals surface area contributed by atoms with Crippen molar-refractivity contribution < 1.29 is 0 Å². The first-order chi connectivity index (χ1) is 9.22. The largest absolute Gasteiger partial charge is 0.326 e. The molecule has 0 fully saturated rings. The highest BCUT2D eigenvalue weighted by Crippen LogP contribution is 2.23. The summed E-state index contributed by atoms with van der Waals surface area (Å²) in [6.07, 6.45) is 0. The van der Waals surface area contributed by atoms with Gasteiger partial charge in [-0.25, -0.2) is 0 Å². The number of nitrogens with two attached hydrogens (primary N) is 1. The third-order valence-electron chi connectivity index (χ3n) is 3.36. The molecule has 2 rings (SSSR count). The molecule has 0 amide bonds. The number of benzene rings is 1. The molecule has 1 heterocycles. The molecule has 0 aliphatic heterocycles. The maximum atomic E-state index is 5.72. The van der Waals surface area contributed by atoms with Crippen LogP contribution in [0.15, 0.2) is 36.4 Å². The minimum Gasteiger partial charge on any atom is -0.326 e. The zero-order valence-electron chi connectivity index (χ0n) is 11.7. The van der Waals surface area contributed by atoms with Crippen molar-refractivity contribution in [2.75, 3.05) is 6.54 Å². The Morgan fingerprint density at radius 3 is 2.47 bits per heavy atom. The van der Waals surface area contributed by atoms with Crippen LogP contribution in [0.25, 0.3) is 0 Å². The van der Waals surface area contributed by atoms with Crippen LogP contribution in [0, 0.1) is 6.92 Å². The van der Waals surface area contributed by atoms with Crippen molar-refractivity contribution in [3.63, 3.8) is 0 Å². The fourth-order valence-corrected chi connectivity index (χ4v) is 3.14. The van der Waals surface area contributed by atoms with Gasteiger partial charge in [0, 0.05) is 29.4 Å². The van der Waals surface area contributed by atoms with Crippen molar-refractivity contribution >= 4 is 11.3 Å². The lowest BCUT2D eigenvalue weighted by Gasteiger charge is -2.20. The van der Waals surface area contributed by atoms with Crippen molar-refractivity contribution in [3.05, 3.63) is 57.3 Å².